The number of fused-ring (bicyclic) bond motifs is 2. The van der Waals surface area contributed by atoms with Crippen LogP contribution in [0.3, 0.4) is 0 Å². The zero-order valence-corrected chi connectivity index (χ0v) is 24.0. The minimum atomic E-state index is -0.576. The maximum atomic E-state index is 12.9. The Kier molecular flexibility index (Phi) is 8.06. The number of hydrogen-bond donors (Lipinski definition) is 0. The van der Waals surface area contributed by atoms with Gasteiger partial charge in [-0.1, -0.05) is 54.6 Å². The zero-order valence-electron chi connectivity index (χ0n) is 24.0. The van der Waals surface area contributed by atoms with Gasteiger partial charge in [0.2, 0.25) is 0 Å². The summed E-state index contributed by atoms with van der Waals surface area (Å²) in [6, 6.07) is 21.9. The third-order valence-corrected chi connectivity index (χ3v) is 6.75. The molecule has 1 amide bonds. The molecule has 2 aromatic carbocycles. The monoisotopic (exact) mass is 549 g/mol. The molecular weight excluding hydrogens is 514 g/mol. The Labute approximate surface area is 240 Å². The van der Waals surface area contributed by atoms with Gasteiger partial charge >= 0.3 is 12.1 Å². The third kappa shape index (κ3) is 6.40. The van der Waals surface area contributed by atoms with Crippen LogP contribution in [0.1, 0.15) is 56.5 Å². The van der Waals surface area contributed by atoms with E-state index in [9.17, 15) is 9.59 Å². The van der Waals surface area contributed by atoms with E-state index < -0.39 is 5.60 Å². The average Bonchev–Trinajstić information content (AvgIpc) is 3.38. The molecule has 0 atom stereocenters. The van der Waals surface area contributed by atoms with Crippen LogP contribution in [-0.4, -0.2) is 40.4 Å². The van der Waals surface area contributed by atoms with Crippen molar-refractivity contribution in [2.24, 2.45) is 0 Å². The fourth-order valence-electron chi connectivity index (χ4n) is 4.96. The van der Waals surface area contributed by atoms with Gasteiger partial charge in [0.25, 0.3) is 0 Å². The predicted molar refractivity (Wildman–Crippen MR) is 163 cm³/mol. The van der Waals surface area contributed by atoms with E-state index in [2.05, 4.69) is 0 Å². The summed E-state index contributed by atoms with van der Waals surface area (Å²) in [5.74, 6) is 0.275. The number of esters is 1. The second-order valence-electron chi connectivity index (χ2n) is 10.9. The number of aromatic nitrogens is 2. The van der Waals surface area contributed by atoms with Crippen molar-refractivity contribution in [3.63, 3.8) is 0 Å². The van der Waals surface area contributed by atoms with E-state index in [-0.39, 0.29) is 12.1 Å². The standard InChI is InChI=1S/C34H35N3O4/c1-5-40-31(38)23-30(25-11-7-6-8-12-25)36-22-20-28-24(13-9-15-29(28)36)16-18-27-19-17-26-14-10-21-37(32(26)35-27)33(39)41-34(2,3)4/h6-9,11-13,15-20,22-23H,5,10,14,21H2,1-4H3. The summed E-state index contributed by atoms with van der Waals surface area (Å²) in [7, 11) is 0. The molecule has 0 unspecified atom stereocenters. The number of nitrogens with zero attached hydrogens (tertiary/aromatic N) is 3. The lowest BCUT2D eigenvalue weighted by atomic mass is 10.0. The quantitative estimate of drug-likeness (QED) is 0.186. The Morgan fingerprint density at radius 2 is 1.78 bits per heavy atom. The van der Waals surface area contributed by atoms with Gasteiger partial charge in [-0.15, -0.1) is 0 Å². The van der Waals surface area contributed by atoms with Gasteiger partial charge in [-0.25, -0.2) is 14.6 Å². The summed E-state index contributed by atoms with van der Waals surface area (Å²) in [6.07, 6.45) is 8.87. The molecule has 0 fully saturated rings. The van der Waals surface area contributed by atoms with Gasteiger partial charge in [0, 0.05) is 24.2 Å². The van der Waals surface area contributed by atoms with Crippen LogP contribution in [-0.2, 0) is 20.7 Å². The molecule has 1 aliphatic heterocycles. The van der Waals surface area contributed by atoms with E-state index in [1.165, 1.54) is 6.08 Å². The lowest BCUT2D eigenvalue weighted by Gasteiger charge is -2.30. The fraction of sp³-hybridized carbons (Fsp3) is 0.265. The van der Waals surface area contributed by atoms with E-state index in [4.69, 9.17) is 14.5 Å². The number of aryl methyl sites for hydroxylation is 1. The van der Waals surface area contributed by atoms with Crippen LogP contribution in [0.4, 0.5) is 10.6 Å². The largest absolute Gasteiger partial charge is 0.463 e. The van der Waals surface area contributed by atoms with Crippen LogP contribution in [0.5, 0.6) is 0 Å². The molecule has 0 saturated heterocycles. The van der Waals surface area contributed by atoms with E-state index >= 15 is 0 Å². The first-order valence-electron chi connectivity index (χ1n) is 14.0. The Morgan fingerprint density at radius 1 is 0.976 bits per heavy atom. The van der Waals surface area contributed by atoms with Crippen molar-refractivity contribution in [2.75, 3.05) is 18.1 Å². The second kappa shape index (κ2) is 11.8. The number of hydrogen-bond acceptors (Lipinski definition) is 5. The Bertz CT molecular complexity index is 1630. The first-order chi connectivity index (χ1) is 19.7. The average molecular weight is 550 g/mol. The van der Waals surface area contributed by atoms with Crippen LogP contribution >= 0.6 is 0 Å². The van der Waals surface area contributed by atoms with Gasteiger partial charge in [0.05, 0.1) is 23.5 Å². The first-order valence-corrected chi connectivity index (χ1v) is 14.0. The number of benzene rings is 2. The summed E-state index contributed by atoms with van der Waals surface area (Å²) in [5.41, 5.74) is 4.83. The van der Waals surface area contributed by atoms with Crippen molar-refractivity contribution in [3.05, 3.63) is 101 Å². The summed E-state index contributed by atoms with van der Waals surface area (Å²) >= 11 is 0. The predicted octanol–water partition coefficient (Wildman–Crippen LogP) is 7.35. The molecule has 0 N–H and O–H groups in total. The Morgan fingerprint density at radius 3 is 2.54 bits per heavy atom. The highest BCUT2D eigenvalue weighted by Gasteiger charge is 2.28. The van der Waals surface area contributed by atoms with E-state index in [1.807, 2.05) is 110 Å². The summed E-state index contributed by atoms with van der Waals surface area (Å²) in [6.45, 7) is 8.29. The Balaban J connectivity index is 1.48. The van der Waals surface area contributed by atoms with Gasteiger partial charge in [-0.2, -0.15) is 0 Å². The molecule has 0 saturated carbocycles. The highest BCUT2D eigenvalue weighted by molar-refractivity contribution is 5.97. The number of carbonyl (C=O) groups is 2. The number of amides is 1. The lowest BCUT2D eigenvalue weighted by Crippen LogP contribution is -2.40. The molecule has 5 rings (SSSR count). The maximum Gasteiger partial charge on any atom is 0.416 e. The maximum absolute atomic E-state index is 12.9. The van der Waals surface area contributed by atoms with Crippen LogP contribution in [0.15, 0.2) is 79.0 Å². The first kappa shape index (κ1) is 27.9. The second-order valence-corrected chi connectivity index (χ2v) is 10.9. The minimum absolute atomic E-state index is 0.311. The van der Waals surface area contributed by atoms with Gasteiger partial charge in [0.1, 0.15) is 11.4 Å². The molecule has 0 radical (unpaired) electrons. The molecule has 41 heavy (non-hydrogen) atoms. The van der Waals surface area contributed by atoms with Crippen molar-refractivity contribution < 1.29 is 19.1 Å². The molecule has 0 bridgehead atoms. The molecule has 7 heteroatoms. The fourth-order valence-corrected chi connectivity index (χ4v) is 4.96. The zero-order chi connectivity index (χ0) is 29.0. The van der Waals surface area contributed by atoms with Crippen LogP contribution in [0, 0.1) is 0 Å². The van der Waals surface area contributed by atoms with Gasteiger partial charge in [-0.05, 0) is 81.5 Å². The van der Waals surface area contributed by atoms with Crippen molar-refractivity contribution in [1.29, 1.82) is 0 Å². The number of anilines is 1. The highest BCUT2D eigenvalue weighted by Crippen LogP contribution is 2.30. The molecule has 7 nitrogen and oxygen atoms in total. The number of rotatable bonds is 6. The third-order valence-electron chi connectivity index (χ3n) is 6.75. The lowest BCUT2D eigenvalue weighted by molar-refractivity contribution is -0.137. The van der Waals surface area contributed by atoms with Crippen LogP contribution in [0.2, 0.25) is 0 Å². The van der Waals surface area contributed by atoms with E-state index in [0.29, 0.717) is 19.0 Å². The van der Waals surface area contributed by atoms with E-state index in [1.54, 1.807) is 11.8 Å². The molecule has 0 spiro atoms. The molecule has 210 valence electrons. The molecule has 0 aliphatic carbocycles. The molecular formula is C34H35N3O4. The molecule has 4 aromatic rings. The summed E-state index contributed by atoms with van der Waals surface area (Å²) in [5, 5.41) is 1.03. The molecule has 1 aliphatic rings. The molecule has 2 aromatic heterocycles. The molecule has 3 heterocycles. The summed E-state index contributed by atoms with van der Waals surface area (Å²) in [4.78, 5) is 31.8. The smallest absolute Gasteiger partial charge is 0.416 e. The van der Waals surface area contributed by atoms with Crippen molar-refractivity contribution >= 4 is 46.6 Å². The van der Waals surface area contributed by atoms with Gasteiger partial charge in [-0.3, -0.25) is 4.90 Å². The van der Waals surface area contributed by atoms with Crippen LogP contribution in [0.25, 0.3) is 28.8 Å². The van der Waals surface area contributed by atoms with Crippen molar-refractivity contribution in [3.8, 4) is 0 Å². The van der Waals surface area contributed by atoms with Gasteiger partial charge < -0.3 is 14.0 Å². The van der Waals surface area contributed by atoms with Crippen molar-refractivity contribution in [1.82, 2.24) is 9.55 Å². The number of ether oxygens (including phenoxy) is 2. The SMILES string of the molecule is CCOC(=O)C=C(c1ccccc1)n1ccc2c(C=Cc3ccc4c(n3)N(C(=O)OC(C)(C)C)CCC4)cccc21. The van der Waals surface area contributed by atoms with Crippen molar-refractivity contribution in [2.45, 2.75) is 46.1 Å². The van der Waals surface area contributed by atoms with E-state index in [0.717, 1.165) is 51.8 Å². The highest BCUT2D eigenvalue weighted by atomic mass is 16.6. The minimum Gasteiger partial charge on any atom is -0.463 e. The van der Waals surface area contributed by atoms with Crippen LogP contribution < -0.4 is 4.90 Å². The number of carbonyl (C=O) groups excluding carboxylic acids is 2. The Hall–Kier alpha value is -4.65. The number of pyridine rings is 1. The normalized spacial score (nSPS) is 13.9. The topological polar surface area (TPSA) is 73.7 Å². The van der Waals surface area contributed by atoms with Gasteiger partial charge in [0.15, 0.2) is 0 Å². The summed E-state index contributed by atoms with van der Waals surface area (Å²) < 4.78 is 12.9.